The first-order chi connectivity index (χ1) is 15.5. The Morgan fingerprint density at radius 1 is 1.06 bits per heavy atom. The number of anilines is 1. The zero-order valence-electron chi connectivity index (χ0n) is 18.0. The van der Waals surface area contributed by atoms with Crippen molar-refractivity contribution >= 4 is 22.5 Å². The van der Waals surface area contributed by atoms with Gasteiger partial charge >= 0.3 is 0 Å². The first-order valence-electron chi connectivity index (χ1n) is 10.7. The Balaban J connectivity index is 1.68. The summed E-state index contributed by atoms with van der Waals surface area (Å²) in [5.74, 6) is 0.346. The number of fused-ring (bicyclic) bond motifs is 2. The van der Waals surface area contributed by atoms with Gasteiger partial charge in [0.25, 0.3) is 5.91 Å². The standard InChI is InChI=1S/C27H23FN2O2/c1-17-10-11-19-14-20(28)12-13-26(19)30(17)27(31)23-16-25(18-6-5-7-21(15-18)32-2)29-24-9-4-3-8-22(23)24/h3-9,12-17H,10-11H2,1-2H3. The minimum Gasteiger partial charge on any atom is -0.497 e. The van der Waals surface area contributed by atoms with Crippen LogP contribution in [0.1, 0.15) is 29.3 Å². The second-order valence-electron chi connectivity index (χ2n) is 8.14. The Hall–Kier alpha value is -3.73. The third-order valence-electron chi connectivity index (χ3n) is 6.10. The number of carbonyl (C=O) groups is 1. The molecule has 1 amide bonds. The SMILES string of the molecule is COc1cccc(-c2cc(C(=O)N3c4ccc(F)cc4CCC3C)c3ccccc3n2)c1. The van der Waals surface area contributed by atoms with E-state index in [0.29, 0.717) is 11.3 Å². The number of para-hydroxylation sites is 1. The molecular formula is C27H23FN2O2. The van der Waals surface area contributed by atoms with Crippen molar-refractivity contribution in [3.8, 4) is 17.0 Å². The van der Waals surface area contributed by atoms with Gasteiger partial charge in [0.1, 0.15) is 11.6 Å². The lowest BCUT2D eigenvalue weighted by atomic mass is 9.94. The summed E-state index contributed by atoms with van der Waals surface area (Å²) in [5.41, 5.74) is 4.55. The molecule has 0 fully saturated rings. The summed E-state index contributed by atoms with van der Waals surface area (Å²) < 4.78 is 19.2. The van der Waals surface area contributed by atoms with E-state index in [1.807, 2.05) is 61.5 Å². The van der Waals surface area contributed by atoms with Gasteiger partial charge in [-0.3, -0.25) is 4.79 Å². The molecule has 5 rings (SSSR count). The lowest BCUT2D eigenvalue weighted by Gasteiger charge is -2.35. The molecule has 160 valence electrons. The van der Waals surface area contributed by atoms with E-state index >= 15 is 0 Å². The number of aromatic nitrogens is 1. The predicted octanol–water partition coefficient (Wildman–Crippen LogP) is 6.03. The third kappa shape index (κ3) is 3.50. The highest BCUT2D eigenvalue weighted by Gasteiger charge is 2.30. The van der Waals surface area contributed by atoms with E-state index in [1.165, 1.54) is 12.1 Å². The molecule has 0 aliphatic carbocycles. The molecule has 3 aromatic carbocycles. The van der Waals surface area contributed by atoms with Crippen LogP contribution in [0, 0.1) is 5.82 Å². The number of benzene rings is 3. The fraction of sp³-hybridized carbons (Fsp3) is 0.185. The molecule has 1 aliphatic heterocycles. The van der Waals surface area contributed by atoms with E-state index in [1.54, 1.807) is 18.1 Å². The minimum atomic E-state index is -0.277. The lowest BCUT2D eigenvalue weighted by Crippen LogP contribution is -2.42. The number of nitrogens with zero attached hydrogens (tertiary/aromatic N) is 2. The highest BCUT2D eigenvalue weighted by atomic mass is 19.1. The summed E-state index contributed by atoms with van der Waals surface area (Å²) >= 11 is 0. The van der Waals surface area contributed by atoms with E-state index in [9.17, 15) is 9.18 Å². The number of hydrogen-bond donors (Lipinski definition) is 0. The predicted molar refractivity (Wildman–Crippen MR) is 125 cm³/mol. The van der Waals surface area contributed by atoms with Crippen molar-refractivity contribution in [2.75, 3.05) is 12.0 Å². The van der Waals surface area contributed by atoms with Gasteiger partial charge in [-0.1, -0.05) is 30.3 Å². The molecule has 0 spiro atoms. The van der Waals surface area contributed by atoms with Gasteiger partial charge in [-0.05, 0) is 67.8 Å². The molecule has 0 radical (unpaired) electrons. The van der Waals surface area contributed by atoms with Crippen molar-refractivity contribution in [1.29, 1.82) is 0 Å². The average Bonchev–Trinajstić information content (AvgIpc) is 2.83. The number of halogens is 1. The number of pyridine rings is 1. The van der Waals surface area contributed by atoms with Crippen LogP contribution in [0.4, 0.5) is 10.1 Å². The summed E-state index contributed by atoms with van der Waals surface area (Å²) in [5, 5.41) is 0.797. The van der Waals surface area contributed by atoms with Crippen LogP contribution in [0.25, 0.3) is 22.2 Å². The monoisotopic (exact) mass is 426 g/mol. The molecule has 0 saturated heterocycles. The van der Waals surface area contributed by atoms with Crippen LogP contribution in [-0.4, -0.2) is 24.0 Å². The number of rotatable bonds is 3. The summed E-state index contributed by atoms with van der Waals surface area (Å²) in [6.45, 7) is 2.04. The largest absolute Gasteiger partial charge is 0.497 e. The van der Waals surface area contributed by atoms with Gasteiger partial charge in [0.2, 0.25) is 0 Å². The number of ether oxygens (including phenoxy) is 1. The second-order valence-corrected chi connectivity index (χ2v) is 8.14. The van der Waals surface area contributed by atoms with Gasteiger partial charge in [0, 0.05) is 22.7 Å². The fourth-order valence-electron chi connectivity index (χ4n) is 4.44. The molecule has 5 heteroatoms. The average molecular weight is 426 g/mol. The van der Waals surface area contributed by atoms with Crippen molar-refractivity contribution in [3.63, 3.8) is 0 Å². The molecule has 1 aromatic heterocycles. The van der Waals surface area contributed by atoms with Crippen LogP contribution in [0.15, 0.2) is 72.8 Å². The fourth-order valence-corrected chi connectivity index (χ4v) is 4.44. The van der Waals surface area contributed by atoms with Crippen molar-refractivity contribution < 1.29 is 13.9 Å². The maximum Gasteiger partial charge on any atom is 0.259 e. The van der Waals surface area contributed by atoms with E-state index in [-0.39, 0.29) is 17.8 Å². The molecule has 0 saturated carbocycles. The highest BCUT2D eigenvalue weighted by molar-refractivity contribution is 6.15. The minimum absolute atomic E-state index is 0.00709. The van der Waals surface area contributed by atoms with Gasteiger partial charge in [0.15, 0.2) is 0 Å². The topological polar surface area (TPSA) is 42.4 Å². The maximum absolute atomic E-state index is 14.0. The number of methoxy groups -OCH3 is 1. The van der Waals surface area contributed by atoms with E-state index in [4.69, 9.17) is 9.72 Å². The Bertz CT molecular complexity index is 1330. The molecule has 32 heavy (non-hydrogen) atoms. The molecule has 4 nitrogen and oxygen atoms in total. The Labute approximate surface area is 186 Å². The highest BCUT2D eigenvalue weighted by Crippen LogP contribution is 2.35. The van der Waals surface area contributed by atoms with Crippen LogP contribution in [0.2, 0.25) is 0 Å². The van der Waals surface area contributed by atoms with Crippen LogP contribution < -0.4 is 9.64 Å². The number of hydrogen-bond acceptors (Lipinski definition) is 3. The molecule has 1 unspecified atom stereocenters. The quantitative estimate of drug-likeness (QED) is 0.402. The van der Waals surface area contributed by atoms with Crippen molar-refractivity contribution in [2.45, 2.75) is 25.8 Å². The molecular weight excluding hydrogens is 403 g/mol. The van der Waals surface area contributed by atoms with E-state index in [0.717, 1.165) is 46.3 Å². The molecule has 1 atom stereocenters. The van der Waals surface area contributed by atoms with Crippen molar-refractivity contribution in [1.82, 2.24) is 4.98 Å². The van der Waals surface area contributed by atoms with Crippen molar-refractivity contribution in [2.24, 2.45) is 0 Å². The van der Waals surface area contributed by atoms with Crippen LogP contribution >= 0.6 is 0 Å². The first-order valence-corrected chi connectivity index (χ1v) is 10.7. The molecule has 2 heterocycles. The maximum atomic E-state index is 14.0. The normalized spacial score (nSPS) is 15.5. The van der Waals surface area contributed by atoms with E-state index < -0.39 is 0 Å². The first kappa shape index (κ1) is 20.2. The van der Waals surface area contributed by atoms with E-state index in [2.05, 4.69) is 0 Å². The number of amides is 1. The van der Waals surface area contributed by atoms with Gasteiger partial charge in [-0.2, -0.15) is 0 Å². The number of carbonyl (C=O) groups excluding carboxylic acids is 1. The van der Waals surface area contributed by atoms with Crippen LogP contribution in [0.5, 0.6) is 5.75 Å². The van der Waals surface area contributed by atoms with Gasteiger partial charge < -0.3 is 9.64 Å². The summed E-state index contributed by atoms with van der Waals surface area (Å²) in [6, 6.07) is 21.8. The zero-order chi connectivity index (χ0) is 22.2. The van der Waals surface area contributed by atoms with Crippen LogP contribution in [-0.2, 0) is 6.42 Å². The summed E-state index contributed by atoms with van der Waals surface area (Å²) in [4.78, 5) is 20.6. The van der Waals surface area contributed by atoms with Gasteiger partial charge in [0.05, 0.1) is 23.9 Å². The van der Waals surface area contributed by atoms with Gasteiger partial charge in [-0.15, -0.1) is 0 Å². The molecule has 1 aliphatic rings. The summed E-state index contributed by atoms with van der Waals surface area (Å²) in [7, 11) is 1.62. The zero-order valence-corrected chi connectivity index (χ0v) is 18.0. The smallest absolute Gasteiger partial charge is 0.259 e. The molecule has 0 N–H and O–H groups in total. The Morgan fingerprint density at radius 2 is 1.91 bits per heavy atom. The molecule has 4 aromatic rings. The number of aryl methyl sites for hydroxylation is 1. The van der Waals surface area contributed by atoms with Crippen molar-refractivity contribution in [3.05, 3.63) is 89.7 Å². The lowest BCUT2D eigenvalue weighted by molar-refractivity contribution is 0.0976. The second kappa shape index (κ2) is 8.08. The summed E-state index contributed by atoms with van der Waals surface area (Å²) in [6.07, 6.45) is 1.54. The third-order valence-corrected chi connectivity index (χ3v) is 6.10. The van der Waals surface area contributed by atoms with Crippen LogP contribution in [0.3, 0.4) is 0 Å². The molecule has 0 bridgehead atoms. The Morgan fingerprint density at radius 3 is 2.75 bits per heavy atom. The Kier molecular flexibility index (Phi) is 5.10. The van der Waals surface area contributed by atoms with Gasteiger partial charge in [-0.25, -0.2) is 9.37 Å².